The molecule has 7 nitrogen and oxygen atoms in total. The number of hydrogen-bond donors (Lipinski definition) is 3. The van der Waals surface area contributed by atoms with Gasteiger partial charge in [-0.2, -0.15) is 0 Å². The highest BCUT2D eigenvalue weighted by atomic mass is 32.2. The number of rotatable bonds is 4. The zero-order valence-corrected chi connectivity index (χ0v) is 12.8. The molecule has 112 valence electrons. The minimum absolute atomic E-state index is 0.177. The van der Waals surface area contributed by atoms with Gasteiger partial charge in [0.25, 0.3) is 0 Å². The maximum atomic E-state index is 12.2. The second-order valence-corrected chi connectivity index (χ2v) is 5.95. The Morgan fingerprint density at radius 2 is 2.24 bits per heavy atom. The Bertz CT molecular complexity index is 722. The average molecular weight is 307 g/mol. The van der Waals surface area contributed by atoms with Crippen LogP contribution in [0, 0.1) is 6.92 Å². The molecule has 1 aromatic carbocycles. The normalized spacial score (nSPS) is 12.1. The summed E-state index contributed by atoms with van der Waals surface area (Å²) in [6, 6.07) is 5.36. The number of aromatic nitrogens is 3. The van der Waals surface area contributed by atoms with Crippen molar-refractivity contribution in [2.24, 2.45) is 7.05 Å². The molecule has 0 spiro atoms. The zero-order valence-electron chi connectivity index (χ0n) is 12.0. The highest BCUT2D eigenvalue weighted by molar-refractivity contribution is 8.00. The Balaban J connectivity index is 2.08. The number of aromatic amines is 1. The van der Waals surface area contributed by atoms with E-state index in [1.54, 1.807) is 32.2 Å². The summed E-state index contributed by atoms with van der Waals surface area (Å²) in [6.45, 7) is 3.60. The van der Waals surface area contributed by atoms with Crippen LogP contribution in [0.4, 0.5) is 11.4 Å². The molecule has 4 N–H and O–H groups in total. The number of benzene rings is 1. The molecule has 1 heterocycles. The van der Waals surface area contributed by atoms with E-state index in [-0.39, 0.29) is 11.6 Å². The molecule has 0 aliphatic carbocycles. The van der Waals surface area contributed by atoms with Gasteiger partial charge in [-0.15, -0.1) is 5.10 Å². The van der Waals surface area contributed by atoms with Crippen molar-refractivity contribution in [1.82, 2.24) is 14.8 Å². The number of nitrogens with two attached hydrogens (primary N) is 1. The van der Waals surface area contributed by atoms with E-state index in [1.807, 2.05) is 6.92 Å². The van der Waals surface area contributed by atoms with E-state index in [9.17, 15) is 9.59 Å². The van der Waals surface area contributed by atoms with Gasteiger partial charge in [0.05, 0.1) is 5.25 Å². The van der Waals surface area contributed by atoms with Crippen LogP contribution in [0.5, 0.6) is 0 Å². The fourth-order valence-electron chi connectivity index (χ4n) is 1.67. The monoisotopic (exact) mass is 307 g/mol. The van der Waals surface area contributed by atoms with Gasteiger partial charge in [0.2, 0.25) is 5.91 Å². The molecule has 2 rings (SSSR count). The van der Waals surface area contributed by atoms with Gasteiger partial charge in [0.1, 0.15) is 0 Å². The van der Waals surface area contributed by atoms with Gasteiger partial charge in [-0.3, -0.25) is 9.36 Å². The topological polar surface area (TPSA) is 106 Å². The smallest absolute Gasteiger partial charge is 0.343 e. The Morgan fingerprint density at radius 1 is 1.52 bits per heavy atom. The van der Waals surface area contributed by atoms with Crippen LogP contribution in [0.15, 0.2) is 28.2 Å². The number of nitrogens with one attached hydrogen (secondary N) is 2. The fourth-order valence-corrected chi connectivity index (χ4v) is 2.49. The minimum Gasteiger partial charge on any atom is -0.398 e. The molecule has 2 aromatic rings. The molecule has 0 aliphatic rings. The molecule has 0 saturated carbocycles. The Kier molecular flexibility index (Phi) is 4.37. The first-order valence-electron chi connectivity index (χ1n) is 6.34. The van der Waals surface area contributed by atoms with Crippen molar-refractivity contribution in [3.05, 3.63) is 34.2 Å². The van der Waals surface area contributed by atoms with E-state index in [2.05, 4.69) is 15.5 Å². The van der Waals surface area contributed by atoms with Gasteiger partial charge in [-0.25, -0.2) is 9.89 Å². The summed E-state index contributed by atoms with van der Waals surface area (Å²) in [5.41, 5.74) is 7.64. The number of anilines is 2. The molecular formula is C13H17N5O2S. The van der Waals surface area contributed by atoms with E-state index in [4.69, 9.17) is 5.73 Å². The van der Waals surface area contributed by atoms with Crippen molar-refractivity contribution in [1.29, 1.82) is 0 Å². The fraction of sp³-hybridized carbons (Fsp3) is 0.308. The van der Waals surface area contributed by atoms with Gasteiger partial charge in [-0.1, -0.05) is 17.8 Å². The van der Waals surface area contributed by atoms with Crippen LogP contribution >= 0.6 is 11.8 Å². The van der Waals surface area contributed by atoms with E-state index in [0.717, 1.165) is 5.56 Å². The van der Waals surface area contributed by atoms with Gasteiger partial charge < -0.3 is 11.1 Å². The van der Waals surface area contributed by atoms with Crippen molar-refractivity contribution in [3.63, 3.8) is 0 Å². The van der Waals surface area contributed by atoms with E-state index < -0.39 is 5.25 Å². The van der Waals surface area contributed by atoms with Crippen LogP contribution in [0.3, 0.4) is 0 Å². The summed E-state index contributed by atoms with van der Waals surface area (Å²) in [7, 11) is 1.60. The van der Waals surface area contributed by atoms with Gasteiger partial charge in [-0.05, 0) is 31.5 Å². The van der Waals surface area contributed by atoms with Gasteiger partial charge in [0.15, 0.2) is 5.16 Å². The summed E-state index contributed by atoms with van der Waals surface area (Å²) in [4.78, 5) is 23.5. The van der Waals surface area contributed by atoms with Crippen LogP contribution in [-0.4, -0.2) is 25.9 Å². The molecule has 0 radical (unpaired) electrons. The number of nitrogens with zero attached hydrogens (tertiary/aromatic N) is 2. The SMILES string of the molecule is Cc1c(N)cccc1NC(=O)C(C)Sc1n[nH]c(=O)n1C. The first-order valence-corrected chi connectivity index (χ1v) is 7.22. The molecule has 0 bridgehead atoms. The molecular weight excluding hydrogens is 290 g/mol. The third-order valence-corrected chi connectivity index (χ3v) is 4.27. The second-order valence-electron chi connectivity index (χ2n) is 4.64. The molecule has 1 amide bonds. The number of H-pyrrole nitrogens is 1. The lowest BCUT2D eigenvalue weighted by Crippen LogP contribution is -2.23. The number of nitrogen functional groups attached to an aromatic ring is 1. The molecule has 21 heavy (non-hydrogen) atoms. The lowest BCUT2D eigenvalue weighted by atomic mass is 10.1. The molecule has 0 aliphatic heterocycles. The van der Waals surface area contributed by atoms with Crippen LogP contribution in [-0.2, 0) is 11.8 Å². The van der Waals surface area contributed by atoms with Crippen LogP contribution < -0.4 is 16.7 Å². The first kappa shape index (κ1) is 15.2. The standard InChI is InChI=1S/C13H17N5O2S/c1-7-9(14)5-4-6-10(7)15-11(19)8(2)21-13-17-16-12(20)18(13)3/h4-6,8H,14H2,1-3H3,(H,15,19)(H,16,20). The van der Waals surface area contributed by atoms with Gasteiger partial charge >= 0.3 is 5.69 Å². The third-order valence-electron chi connectivity index (χ3n) is 3.12. The molecule has 0 saturated heterocycles. The predicted molar refractivity (Wildman–Crippen MR) is 83.4 cm³/mol. The summed E-state index contributed by atoms with van der Waals surface area (Å²) >= 11 is 1.21. The maximum Gasteiger partial charge on any atom is 0.343 e. The van der Waals surface area contributed by atoms with Crippen molar-refractivity contribution in [2.75, 3.05) is 11.1 Å². The largest absolute Gasteiger partial charge is 0.398 e. The Morgan fingerprint density at radius 3 is 2.86 bits per heavy atom. The summed E-state index contributed by atoms with van der Waals surface area (Å²) in [5, 5.41) is 9.09. The lowest BCUT2D eigenvalue weighted by Gasteiger charge is -2.13. The lowest BCUT2D eigenvalue weighted by molar-refractivity contribution is -0.115. The average Bonchev–Trinajstić information content (AvgIpc) is 2.75. The molecule has 0 fully saturated rings. The Labute approximate surface area is 125 Å². The Hall–Kier alpha value is -2.22. The van der Waals surface area contributed by atoms with Crippen molar-refractivity contribution in [3.8, 4) is 0 Å². The van der Waals surface area contributed by atoms with Crippen molar-refractivity contribution < 1.29 is 4.79 Å². The molecule has 1 unspecified atom stereocenters. The van der Waals surface area contributed by atoms with E-state index in [1.165, 1.54) is 16.3 Å². The minimum atomic E-state index is -0.403. The highest BCUT2D eigenvalue weighted by Crippen LogP contribution is 2.24. The number of carbonyl (C=O) groups is 1. The van der Waals surface area contributed by atoms with Crippen molar-refractivity contribution in [2.45, 2.75) is 24.3 Å². The van der Waals surface area contributed by atoms with Crippen LogP contribution in [0.25, 0.3) is 0 Å². The van der Waals surface area contributed by atoms with E-state index >= 15 is 0 Å². The summed E-state index contributed by atoms with van der Waals surface area (Å²) < 4.78 is 1.36. The summed E-state index contributed by atoms with van der Waals surface area (Å²) in [6.07, 6.45) is 0. The zero-order chi connectivity index (χ0) is 15.6. The number of hydrogen-bond acceptors (Lipinski definition) is 5. The second kappa shape index (κ2) is 6.04. The van der Waals surface area contributed by atoms with Gasteiger partial charge in [0, 0.05) is 18.4 Å². The predicted octanol–water partition coefficient (Wildman–Crippen LogP) is 1.12. The van der Waals surface area contributed by atoms with Crippen LogP contribution in [0.1, 0.15) is 12.5 Å². The molecule has 8 heteroatoms. The maximum absolute atomic E-state index is 12.2. The number of amides is 1. The molecule has 1 atom stereocenters. The molecule has 1 aromatic heterocycles. The number of carbonyl (C=O) groups excluding carboxylic acids is 1. The van der Waals surface area contributed by atoms with Crippen LogP contribution in [0.2, 0.25) is 0 Å². The van der Waals surface area contributed by atoms with Crippen molar-refractivity contribution >= 4 is 29.0 Å². The first-order chi connectivity index (χ1) is 9.90. The summed E-state index contributed by atoms with van der Waals surface area (Å²) in [5.74, 6) is -0.177. The highest BCUT2D eigenvalue weighted by Gasteiger charge is 2.18. The number of thioether (sulfide) groups is 1. The van der Waals surface area contributed by atoms with E-state index in [0.29, 0.717) is 16.5 Å². The third kappa shape index (κ3) is 3.27. The quantitative estimate of drug-likeness (QED) is 0.580.